The molecule has 5 aromatic rings. The number of hydrogen-bond donors (Lipinski definition) is 0. The predicted molar refractivity (Wildman–Crippen MR) is 98.6 cm³/mol. The molecule has 0 aliphatic carbocycles. The van der Waals surface area contributed by atoms with Crippen molar-refractivity contribution in [2.45, 2.75) is 0 Å². The molecular formula is C19H12N2O3S. The fraction of sp³-hybridized carbons (Fsp3) is 0.0526. The van der Waals surface area contributed by atoms with Gasteiger partial charge in [0.25, 0.3) is 0 Å². The summed E-state index contributed by atoms with van der Waals surface area (Å²) in [7, 11) is 1.65. The van der Waals surface area contributed by atoms with Gasteiger partial charge in [-0.05, 0) is 30.3 Å². The molecule has 0 fully saturated rings. The summed E-state index contributed by atoms with van der Waals surface area (Å²) in [5.41, 5.74) is 2.31. The molecule has 0 radical (unpaired) electrons. The number of methoxy groups -OCH3 is 1. The zero-order valence-electron chi connectivity index (χ0n) is 13.2. The Kier molecular flexibility index (Phi) is 2.96. The lowest BCUT2D eigenvalue weighted by Gasteiger charge is -1.99. The van der Waals surface area contributed by atoms with Crippen LogP contribution in [0.2, 0.25) is 0 Å². The number of ether oxygens (including phenoxy) is 1. The summed E-state index contributed by atoms with van der Waals surface area (Å²) < 4.78 is 13.8. The number of hydrogen-bond acceptors (Lipinski definition) is 5. The van der Waals surface area contributed by atoms with Crippen LogP contribution in [0, 0.1) is 0 Å². The highest BCUT2D eigenvalue weighted by molar-refractivity contribution is 7.23. The van der Waals surface area contributed by atoms with Crippen molar-refractivity contribution in [1.29, 1.82) is 0 Å². The van der Waals surface area contributed by atoms with Gasteiger partial charge < -0.3 is 9.15 Å². The smallest absolute Gasteiger partial charge is 0.345 e. The normalized spacial score (nSPS) is 11.6. The average Bonchev–Trinajstić information content (AvgIpc) is 3.18. The Bertz CT molecular complexity index is 1310. The molecule has 0 amide bonds. The Morgan fingerprint density at radius 3 is 2.92 bits per heavy atom. The lowest BCUT2D eigenvalue weighted by Crippen LogP contribution is -2.02. The first-order valence-electron chi connectivity index (χ1n) is 7.72. The number of nitrogens with zero attached hydrogens (tertiary/aromatic N) is 2. The monoisotopic (exact) mass is 348 g/mol. The molecule has 0 spiro atoms. The van der Waals surface area contributed by atoms with E-state index in [0.29, 0.717) is 16.8 Å². The Balaban J connectivity index is 1.73. The van der Waals surface area contributed by atoms with Gasteiger partial charge in [-0.15, -0.1) is 0 Å². The number of rotatable bonds is 2. The molecular weight excluding hydrogens is 336 g/mol. The highest BCUT2D eigenvalue weighted by Crippen LogP contribution is 2.31. The fourth-order valence-electron chi connectivity index (χ4n) is 2.98. The number of aromatic nitrogens is 2. The van der Waals surface area contributed by atoms with Gasteiger partial charge in [-0.2, -0.15) is 0 Å². The molecule has 0 N–H and O–H groups in total. The molecule has 25 heavy (non-hydrogen) atoms. The lowest BCUT2D eigenvalue weighted by atomic mass is 10.1. The summed E-state index contributed by atoms with van der Waals surface area (Å²) in [5.74, 6) is 0.812. The summed E-state index contributed by atoms with van der Waals surface area (Å²) in [6, 6.07) is 15.2. The molecule has 2 aromatic carbocycles. The molecule has 3 heterocycles. The summed E-state index contributed by atoms with van der Waals surface area (Å²) in [6.45, 7) is 0. The van der Waals surface area contributed by atoms with E-state index in [1.807, 2.05) is 53.1 Å². The number of benzene rings is 2. The van der Waals surface area contributed by atoms with Crippen LogP contribution in [0.1, 0.15) is 0 Å². The van der Waals surface area contributed by atoms with Crippen molar-refractivity contribution in [3.8, 4) is 17.0 Å². The van der Waals surface area contributed by atoms with E-state index in [4.69, 9.17) is 9.15 Å². The lowest BCUT2D eigenvalue weighted by molar-refractivity contribution is 0.415. The van der Waals surface area contributed by atoms with Crippen LogP contribution in [-0.2, 0) is 0 Å². The largest absolute Gasteiger partial charge is 0.497 e. The van der Waals surface area contributed by atoms with Crippen LogP contribution in [0.15, 0.2) is 63.9 Å². The third-order valence-electron chi connectivity index (χ3n) is 4.22. The fourth-order valence-corrected chi connectivity index (χ4v) is 4.01. The van der Waals surface area contributed by atoms with Crippen LogP contribution in [0.4, 0.5) is 0 Å². The van der Waals surface area contributed by atoms with Gasteiger partial charge in [-0.25, -0.2) is 9.78 Å². The Morgan fingerprint density at radius 1 is 1.16 bits per heavy atom. The minimum atomic E-state index is -0.379. The molecule has 5 nitrogen and oxygen atoms in total. The highest BCUT2D eigenvalue weighted by atomic mass is 32.1. The third kappa shape index (κ3) is 2.15. The van der Waals surface area contributed by atoms with E-state index in [1.54, 1.807) is 24.5 Å². The van der Waals surface area contributed by atoms with Crippen LogP contribution in [-0.4, -0.2) is 16.5 Å². The maximum atomic E-state index is 12.4. The molecule has 0 bridgehead atoms. The highest BCUT2D eigenvalue weighted by Gasteiger charge is 2.14. The zero-order chi connectivity index (χ0) is 17.0. The quantitative estimate of drug-likeness (QED) is 0.446. The van der Waals surface area contributed by atoms with Crippen molar-refractivity contribution >= 4 is 37.5 Å². The number of imidazole rings is 1. The molecule has 0 aliphatic heterocycles. The van der Waals surface area contributed by atoms with Crippen molar-refractivity contribution in [2.24, 2.45) is 0 Å². The third-order valence-corrected chi connectivity index (χ3v) is 5.24. The average molecular weight is 348 g/mol. The minimum absolute atomic E-state index is 0.379. The molecule has 6 heteroatoms. The van der Waals surface area contributed by atoms with Crippen LogP contribution in [0.5, 0.6) is 5.75 Å². The maximum Gasteiger partial charge on any atom is 0.345 e. The summed E-state index contributed by atoms with van der Waals surface area (Å²) in [6.07, 6.45) is 1.88. The van der Waals surface area contributed by atoms with Crippen LogP contribution < -0.4 is 10.4 Å². The topological polar surface area (TPSA) is 56.7 Å². The van der Waals surface area contributed by atoms with Crippen molar-refractivity contribution in [1.82, 2.24) is 9.38 Å². The SMILES string of the molecule is COc1ccc2c(c1)sc1nc(-c3cc4ccccc4oc3=O)cn12. The van der Waals surface area contributed by atoms with E-state index in [-0.39, 0.29) is 5.63 Å². The first kappa shape index (κ1) is 14.2. The van der Waals surface area contributed by atoms with Gasteiger partial charge in [0.1, 0.15) is 11.3 Å². The van der Waals surface area contributed by atoms with Gasteiger partial charge >= 0.3 is 5.63 Å². The summed E-state index contributed by atoms with van der Waals surface area (Å²) in [5, 5.41) is 0.878. The molecule has 0 saturated heterocycles. The molecule has 0 saturated carbocycles. The van der Waals surface area contributed by atoms with Crippen molar-refractivity contribution in [2.75, 3.05) is 7.11 Å². The van der Waals surface area contributed by atoms with Crippen molar-refractivity contribution < 1.29 is 9.15 Å². The second-order valence-corrected chi connectivity index (χ2v) is 6.71. The molecule has 5 rings (SSSR count). The standard InChI is InChI=1S/C19H12N2O3S/c1-23-12-6-7-15-17(9-12)25-19-20-14(10-21(15)19)13-8-11-4-2-3-5-16(11)24-18(13)22/h2-10H,1H3. The molecule has 0 unspecified atom stereocenters. The van der Waals surface area contributed by atoms with E-state index in [9.17, 15) is 4.79 Å². The van der Waals surface area contributed by atoms with E-state index < -0.39 is 0 Å². The first-order chi connectivity index (χ1) is 12.2. The number of para-hydroxylation sites is 1. The van der Waals surface area contributed by atoms with Crippen molar-refractivity contribution in [3.05, 3.63) is 65.1 Å². The van der Waals surface area contributed by atoms with Gasteiger partial charge in [0.05, 0.1) is 28.6 Å². The van der Waals surface area contributed by atoms with Crippen molar-refractivity contribution in [3.63, 3.8) is 0 Å². The predicted octanol–water partition coefficient (Wildman–Crippen LogP) is 4.33. The Labute approximate surface area is 145 Å². The van der Waals surface area contributed by atoms with E-state index in [2.05, 4.69) is 4.98 Å². The zero-order valence-corrected chi connectivity index (χ0v) is 14.0. The van der Waals surface area contributed by atoms with Crippen LogP contribution in [0.3, 0.4) is 0 Å². The minimum Gasteiger partial charge on any atom is -0.497 e. The van der Waals surface area contributed by atoms with Crippen LogP contribution in [0.25, 0.3) is 37.4 Å². The second kappa shape index (κ2) is 5.19. The summed E-state index contributed by atoms with van der Waals surface area (Å²) >= 11 is 1.56. The number of thiazole rings is 1. The Morgan fingerprint density at radius 2 is 2.04 bits per heavy atom. The van der Waals surface area contributed by atoms with Gasteiger partial charge in [0.2, 0.25) is 0 Å². The maximum absolute atomic E-state index is 12.4. The van der Waals surface area contributed by atoms with Crippen LogP contribution >= 0.6 is 11.3 Å². The summed E-state index contributed by atoms with van der Waals surface area (Å²) in [4.78, 5) is 17.8. The number of fused-ring (bicyclic) bond motifs is 4. The van der Waals surface area contributed by atoms with Gasteiger partial charge in [0.15, 0.2) is 4.96 Å². The molecule has 0 aliphatic rings. The Hall–Kier alpha value is -3.12. The van der Waals surface area contributed by atoms with Gasteiger partial charge in [0, 0.05) is 11.6 Å². The molecule has 0 atom stereocenters. The second-order valence-electron chi connectivity index (χ2n) is 5.70. The molecule has 3 aromatic heterocycles. The van der Waals surface area contributed by atoms with E-state index in [0.717, 1.165) is 26.3 Å². The first-order valence-corrected chi connectivity index (χ1v) is 8.53. The molecule has 122 valence electrons. The van der Waals surface area contributed by atoms with E-state index in [1.165, 1.54) is 0 Å². The van der Waals surface area contributed by atoms with Gasteiger partial charge in [-0.1, -0.05) is 29.5 Å². The van der Waals surface area contributed by atoms with Gasteiger partial charge in [-0.3, -0.25) is 4.40 Å². The van der Waals surface area contributed by atoms with E-state index >= 15 is 0 Å².